The molecule has 0 aromatic heterocycles. The molecular weight excluding hydrogens is 467 g/mol. The number of ether oxygens (including phenoxy) is 2. The summed E-state index contributed by atoms with van der Waals surface area (Å²) in [5.41, 5.74) is 0.950. The highest BCUT2D eigenvalue weighted by Crippen LogP contribution is 2.45. The van der Waals surface area contributed by atoms with Crippen LogP contribution < -0.4 is 19.7 Å². The van der Waals surface area contributed by atoms with Crippen molar-refractivity contribution in [3.63, 3.8) is 0 Å². The Morgan fingerprint density at radius 3 is 2.28 bits per heavy atom. The molecule has 9 heteroatoms. The minimum atomic E-state index is -1.10. The summed E-state index contributed by atoms with van der Waals surface area (Å²) in [7, 11) is 2.79. The minimum Gasteiger partial charge on any atom is -0.507 e. The van der Waals surface area contributed by atoms with E-state index in [1.807, 2.05) is 0 Å². The molecule has 1 saturated heterocycles. The van der Waals surface area contributed by atoms with Crippen molar-refractivity contribution in [2.24, 2.45) is 0 Å². The van der Waals surface area contributed by atoms with Crippen molar-refractivity contribution in [2.75, 3.05) is 24.4 Å². The molecule has 0 saturated carbocycles. The third-order valence-electron chi connectivity index (χ3n) is 5.76. The fourth-order valence-electron chi connectivity index (χ4n) is 4.20. The Balaban J connectivity index is 1.96. The van der Waals surface area contributed by atoms with Gasteiger partial charge in [-0.3, -0.25) is 19.3 Å². The number of methoxy groups -OCH3 is 2. The molecule has 3 aromatic carbocycles. The predicted octanol–water partition coefficient (Wildman–Crippen LogP) is 4.43. The van der Waals surface area contributed by atoms with E-state index in [9.17, 15) is 23.9 Å². The lowest BCUT2D eigenvalue weighted by Crippen LogP contribution is -2.29. The van der Waals surface area contributed by atoms with Crippen LogP contribution in [-0.2, 0) is 14.4 Å². The summed E-state index contributed by atoms with van der Waals surface area (Å²) in [4.78, 5) is 39.3. The fraction of sp³-hybridized carbons (Fsp3) is 0.148. The predicted molar refractivity (Wildman–Crippen MR) is 131 cm³/mol. The first-order chi connectivity index (χ1) is 17.3. The molecule has 184 valence electrons. The van der Waals surface area contributed by atoms with Crippen molar-refractivity contribution >= 4 is 34.7 Å². The molecule has 36 heavy (non-hydrogen) atoms. The highest BCUT2D eigenvalue weighted by atomic mass is 19.1. The molecule has 0 aliphatic carbocycles. The third-order valence-corrected chi connectivity index (χ3v) is 5.76. The van der Waals surface area contributed by atoms with Crippen LogP contribution >= 0.6 is 0 Å². The summed E-state index contributed by atoms with van der Waals surface area (Å²) in [5, 5.41) is 13.9. The number of Topliss-reactive ketones (excluding diaryl/α,β-unsaturated/α-hetero) is 1. The number of anilines is 2. The van der Waals surface area contributed by atoms with Crippen LogP contribution in [0.4, 0.5) is 15.8 Å². The first kappa shape index (κ1) is 24.5. The quantitative estimate of drug-likeness (QED) is 0.301. The second-order valence-corrected chi connectivity index (χ2v) is 7.98. The van der Waals surface area contributed by atoms with Gasteiger partial charge < -0.3 is 19.9 Å². The van der Waals surface area contributed by atoms with Gasteiger partial charge in [0.15, 0.2) is 0 Å². The molecule has 1 unspecified atom stereocenters. The van der Waals surface area contributed by atoms with Crippen molar-refractivity contribution in [1.29, 1.82) is 0 Å². The molecule has 0 radical (unpaired) electrons. The number of nitrogens with one attached hydrogen (secondary N) is 1. The summed E-state index contributed by atoms with van der Waals surface area (Å²) in [5.74, 6) is -2.86. The Hall–Kier alpha value is -4.66. The average Bonchev–Trinajstić information content (AvgIpc) is 3.13. The number of hydrogen-bond donors (Lipinski definition) is 2. The molecule has 1 aliphatic heterocycles. The summed E-state index contributed by atoms with van der Waals surface area (Å²) in [6.45, 7) is 1.37. The van der Waals surface area contributed by atoms with Crippen LogP contribution in [-0.4, -0.2) is 36.9 Å². The molecule has 8 nitrogen and oxygen atoms in total. The smallest absolute Gasteiger partial charge is 0.300 e. The number of nitrogens with zero attached hydrogens (tertiary/aromatic N) is 1. The zero-order chi connectivity index (χ0) is 26.0. The van der Waals surface area contributed by atoms with Crippen LogP contribution in [0.15, 0.2) is 72.3 Å². The molecule has 0 bridgehead atoms. The topological polar surface area (TPSA) is 105 Å². The van der Waals surface area contributed by atoms with Gasteiger partial charge in [0.05, 0.1) is 31.4 Å². The van der Waals surface area contributed by atoms with E-state index in [1.165, 1.54) is 32.1 Å². The molecule has 1 heterocycles. The number of aliphatic hydroxyl groups excluding tert-OH is 1. The summed E-state index contributed by atoms with van der Waals surface area (Å²) < 4.78 is 24.9. The lowest BCUT2D eigenvalue weighted by atomic mass is 9.94. The number of benzene rings is 3. The van der Waals surface area contributed by atoms with E-state index in [0.29, 0.717) is 22.7 Å². The van der Waals surface area contributed by atoms with Gasteiger partial charge in [0, 0.05) is 23.9 Å². The minimum absolute atomic E-state index is 0.0728. The number of hydrogen-bond acceptors (Lipinski definition) is 6. The Bertz CT molecular complexity index is 1380. The number of rotatable bonds is 6. The third kappa shape index (κ3) is 4.38. The second-order valence-electron chi connectivity index (χ2n) is 7.98. The first-order valence-corrected chi connectivity index (χ1v) is 10.9. The van der Waals surface area contributed by atoms with E-state index in [1.54, 1.807) is 48.5 Å². The lowest BCUT2D eigenvalue weighted by Gasteiger charge is -2.27. The number of carbonyl (C=O) groups is 3. The molecule has 2 amide bonds. The van der Waals surface area contributed by atoms with Crippen LogP contribution in [0.5, 0.6) is 11.5 Å². The van der Waals surface area contributed by atoms with E-state index < -0.39 is 29.3 Å². The lowest BCUT2D eigenvalue weighted by molar-refractivity contribution is -0.132. The molecule has 0 spiro atoms. The van der Waals surface area contributed by atoms with Crippen molar-refractivity contribution in [2.45, 2.75) is 13.0 Å². The van der Waals surface area contributed by atoms with Gasteiger partial charge in [-0.25, -0.2) is 4.39 Å². The summed E-state index contributed by atoms with van der Waals surface area (Å²) >= 11 is 0. The standard InChI is InChI=1S/C27H23FN2O6/c1-15(31)29-17-9-11-18(12-10-17)30-24(19-6-4-5-7-21(19)35-2)23(26(33)27(30)34)25(32)20-14-16(28)8-13-22(20)36-3/h4-14,24,32H,1-3H3,(H,29,31)/b25-23+. The molecular formula is C27H23FN2O6. The van der Waals surface area contributed by atoms with Gasteiger partial charge in [-0.05, 0) is 48.5 Å². The number of halogens is 1. The van der Waals surface area contributed by atoms with Gasteiger partial charge in [-0.15, -0.1) is 0 Å². The van der Waals surface area contributed by atoms with Crippen LogP contribution in [0.1, 0.15) is 24.1 Å². The molecule has 4 rings (SSSR count). The van der Waals surface area contributed by atoms with Crippen LogP contribution in [0.25, 0.3) is 5.76 Å². The van der Waals surface area contributed by atoms with E-state index in [0.717, 1.165) is 12.1 Å². The Morgan fingerprint density at radius 1 is 0.972 bits per heavy atom. The molecule has 1 aliphatic rings. The number of carbonyl (C=O) groups excluding carboxylic acids is 3. The molecule has 1 atom stereocenters. The van der Waals surface area contributed by atoms with Crippen LogP contribution in [0, 0.1) is 5.82 Å². The SMILES string of the molecule is COc1ccc(F)cc1/C(O)=C1\C(=O)C(=O)N(c2ccc(NC(C)=O)cc2)C1c1ccccc1OC. The zero-order valence-electron chi connectivity index (χ0n) is 19.7. The van der Waals surface area contributed by atoms with Gasteiger partial charge in [-0.2, -0.15) is 0 Å². The second kappa shape index (κ2) is 9.91. The Morgan fingerprint density at radius 2 is 1.64 bits per heavy atom. The monoisotopic (exact) mass is 490 g/mol. The average molecular weight is 490 g/mol. The largest absolute Gasteiger partial charge is 0.507 e. The van der Waals surface area contributed by atoms with E-state index in [2.05, 4.69) is 5.32 Å². The van der Waals surface area contributed by atoms with Crippen LogP contribution in [0.3, 0.4) is 0 Å². The van der Waals surface area contributed by atoms with Gasteiger partial charge in [-0.1, -0.05) is 18.2 Å². The van der Waals surface area contributed by atoms with Gasteiger partial charge in [0.1, 0.15) is 23.1 Å². The molecule has 2 N–H and O–H groups in total. The highest BCUT2D eigenvalue weighted by Gasteiger charge is 2.48. The maximum atomic E-state index is 14.1. The van der Waals surface area contributed by atoms with Crippen LogP contribution in [0.2, 0.25) is 0 Å². The van der Waals surface area contributed by atoms with Gasteiger partial charge >= 0.3 is 0 Å². The molecule has 1 fully saturated rings. The first-order valence-electron chi connectivity index (χ1n) is 10.9. The number of amides is 2. The van der Waals surface area contributed by atoms with E-state index >= 15 is 0 Å². The zero-order valence-corrected chi connectivity index (χ0v) is 19.7. The maximum absolute atomic E-state index is 14.1. The van der Waals surface area contributed by atoms with E-state index in [4.69, 9.17) is 9.47 Å². The number of para-hydroxylation sites is 1. The molecule has 3 aromatic rings. The summed E-state index contributed by atoms with van der Waals surface area (Å²) in [6.07, 6.45) is 0. The number of aliphatic hydroxyl groups is 1. The normalized spacial score (nSPS) is 16.7. The van der Waals surface area contributed by atoms with Gasteiger partial charge in [0.25, 0.3) is 11.7 Å². The number of ketones is 1. The van der Waals surface area contributed by atoms with Crippen molar-refractivity contribution < 1.29 is 33.4 Å². The van der Waals surface area contributed by atoms with Crippen molar-refractivity contribution in [1.82, 2.24) is 0 Å². The van der Waals surface area contributed by atoms with Gasteiger partial charge in [0.2, 0.25) is 5.91 Å². The van der Waals surface area contributed by atoms with Crippen molar-refractivity contribution in [3.05, 3.63) is 89.2 Å². The Labute approximate surface area is 206 Å². The maximum Gasteiger partial charge on any atom is 0.300 e. The van der Waals surface area contributed by atoms with Crippen molar-refractivity contribution in [3.8, 4) is 11.5 Å². The summed E-state index contributed by atoms with van der Waals surface area (Å²) in [6, 6.07) is 15.5. The highest BCUT2D eigenvalue weighted by molar-refractivity contribution is 6.51. The van der Waals surface area contributed by atoms with E-state index in [-0.39, 0.29) is 22.8 Å². The fourth-order valence-corrected chi connectivity index (χ4v) is 4.20. The Kier molecular flexibility index (Phi) is 6.73.